The van der Waals surface area contributed by atoms with Gasteiger partial charge in [-0.15, -0.1) is 11.8 Å². The van der Waals surface area contributed by atoms with Crippen LogP contribution in [0.25, 0.3) is 0 Å². The SMILES string of the molecule is CCCCc1ccc(CCSc2ccccc2)cc1.F.F.F.F.F. The lowest BCUT2D eigenvalue weighted by Gasteiger charge is -2.04. The number of aryl methyl sites for hydroxylation is 2. The largest absolute Gasteiger partial charge is 0.269 e. The highest BCUT2D eigenvalue weighted by Gasteiger charge is 1.97. The summed E-state index contributed by atoms with van der Waals surface area (Å²) in [6.07, 6.45) is 4.93. The van der Waals surface area contributed by atoms with E-state index in [2.05, 4.69) is 61.5 Å². The molecule has 0 amide bonds. The van der Waals surface area contributed by atoms with Crippen molar-refractivity contribution >= 4 is 11.8 Å². The first kappa shape index (κ1) is 30.3. The average Bonchev–Trinajstić information content (AvgIpc) is 2.47. The molecule has 0 spiro atoms. The second-order valence-corrected chi connectivity index (χ2v) is 6.00. The Balaban J connectivity index is -0.000000400. The van der Waals surface area contributed by atoms with Crippen molar-refractivity contribution in [3.05, 3.63) is 65.7 Å². The second kappa shape index (κ2) is 17.8. The van der Waals surface area contributed by atoms with E-state index in [9.17, 15) is 0 Å². The molecule has 24 heavy (non-hydrogen) atoms. The van der Waals surface area contributed by atoms with Gasteiger partial charge >= 0.3 is 0 Å². The van der Waals surface area contributed by atoms with E-state index in [0.717, 1.165) is 12.2 Å². The first-order valence-electron chi connectivity index (χ1n) is 7.14. The third kappa shape index (κ3) is 11.0. The first-order chi connectivity index (χ1) is 9.38. The maximum atomic E-state index is 2.29. The molecule has 0 unspecified atom stereocenters. The van der Waals surface area contributed by atoms with Crippen molar-refractivity contribution in [1.29, 1.82) is 0 Å². The minimum atomic E-state index is 0. The van der Waals surface area contributed by atoms with Gasteiger partial charge in [-0.1, -0.05) is 55.8 Å². The van der Waals surface area contributed by atoms with Crippen LogP contribution in [0.4, 0.5) is 23.5 Å². The van der Waals surface area contributed by atoms with Gasteiger partial charge in [-0.2, -0.15) is 0 Å². The van der Waals surface area contributed by atoms with Crippen LogP contribution in [-0.4, -0.2) is 5.75 Å². The van der Waals surface area contributed by atoms with Crippen LogP contribution in [0.5, 0.6) is 0 Å². The highest BCUT2D eigenvalue weighted by Crippen LogP contribution is 2.18. The van der Waals surface area contributed by atoms with Gasteiger partial charge in [0.2, 0.25) is 0 Å². The molecule has 0 radical (unpaired) electrons. The first-order valence-corrected chi connectivity index (χ1v) is 8.12. The summed E-state index contributed by atoms with van der Waals surface area (Å²) in [5.74, 6) is 1.15. The molecule has 140 valence electrons. The van der Waals surface area contributed by atoms with Crippen LogP contribution >= 0.6 is 11.8 Å². The number of benzene rings is 2. The van der Waals surface area contributed by atoms with E-state index in [-0.39, 0.29) is 23.5 Å². The summed E-state index contributed by atoms with van der Waals surface area (Å²) in [4.78, 5) is 1.36. The van der Waals surface area contributed by atoms with Crippen molar-refractivity contribution < 1.29 is 23.5 Å². The Hall–Kier alpha value is -1.56. The number of thioether (sulfide) groups is 1. The van der Waals surface area contributed by atoms with Crippen molar-refractivity contribution in [1.82, 2.24) is 0 Å². The van der Waals surface area contributed by atoms with E-state index < -0.39 is 0 Å². The summed E-state index contributed by atoms with van der Waals surface area (Å²) >= 11 is 1.93. The molecule has 0 saturated heterocycles. The molecule has 0 atom stereocenters. The lowest BCUT2D eigenvalue weighted by atomic mass is 10.1. The monoisotopic (exact) mass is 370 g/mol. The third-order valence-corrected chi connectivity index (χ3v) is 4.26. The Kier molecular flexibility index (Phi) is 22.5. The molecule has 0 saturated carbocycles. The number of rotatable bonds is 7. The summed E-state index contributed by atoms with van der Waals surface area (Å²) in [7, 11) is 0. The summed E-state index contributed by atoms with van der Waals surface area (Å²) in [5.41, 5.74) is 2.92. The molecule has 0 aliphatic rings. The van der Waals surface area contributed by atoms with Crippen molar-refractivity contribution in [3.8, 4) is 0 Å². The molecule has 0 aromatic heterocycles. The zero-order chi connectivity index (χ0) is 13.3. The molecular weight excluding hydrogens is 343 g/mol. The smallest absolute Gasteiger partial charge is 0.00720 e. The topological polar surface area (TPSA) is 0 Å². The van der Waals surface area contributed by atoms with Crippen molar-refractivity contribution in [3.63, 3.8) is 0 Å². The van der Waals surface area contributed by atoms with Gasteiger partial charge in [-0.3, -0.25) is 23.5 Å². The molecule has 0 aliphatic carbocycles. The Morgan fingerprint density at radius 3 is 1.67 bits per heavy atom. The van der Waals surface area contributed by atoms with Gasteiger partial charge in [0.05, 0.1) is 0 Å². The van der Waals surface area contributed by atoms with Crippen molar-refractivity contribution in [2.24, 2.45) is 0 Å². The molecular formula is C18H27F5S. The summed E-state index contributed by atoms with van der Waals surface area (Å²) in [5, 5.41) is 0. The van der Waals surface area contributed by atoms with E-state index in [4.69, 9.17) is 0 Å². The molecule has 2 aromatic carbocycles. The predicted octanol–water partition coefficient (Wildman–Crippen LogP) is 6.13. The van der Waals surface area contributed by atoms with E-state index in [1.54, 1.807) is 0 Å². The Bertz CT molecular complexity index is 477. The summed E-state index contributed by atoms with van der Waals surface area (Å²) in [6.45, 7) is 2.25. The number of hydrogen-bond donors (Lipinski definition) is 0. The van der Waals surface area contributed by atoms with Gasteiger partial charge in [-0.05, 0) is 42.5 Å². The molecule has 0 bridgehead atoms. The highest BCUT2D eigenvalue weighted by atomic mass is 32.2. The third-order valence-electron chi connectivity index (χ3n) is 3.24. The normalized spacial score (nSPS) is 8.38. The molecule has 2 aromatic rings. The number of hydrogen-bond acceptors (Lipinski definition) is 1. The molecule has 0 N–H and O–H groups in total. The van der Waals surface area contributed by atoms with E-state index >= 15 is 0 Å². The number of halogens is 5. The zero-order valence-electron chi connectivity index (χ0n) is 13.7. The van der Waals surface area contributed by atoms with Gasteiger partial charge in [0, 0.05) is 10.6 Å². The molecule has 0 aliphatic heterocycles. The molecule has 0 heterocycles. The van der Waals surface area contributed by atoms with Crippen LogP contribution in [0.3, 0.4) is 0 Å². The van der Waals surface area contributed by atoms with Gasteiger partial charge in [-0.25, -0.2) is 0 Å². The van der Waals surface area contributed by atoms with Crippen LogP contribution < -0.4 is 0 Å². The molecule has 6 heteroatoms. The van der Waals surface area contributed by atoms with Crippen molar-refractivity contribution in [2.45, 2.75) is 37.5 Å². The van der Waals surface area contributed by atoms with Gasteiger partial charge < -0.3 is 0 Å². The maximum Gasteiger partial charge on any atom is 0.00720 e. The van der Waals surface area contributed by atoms with Gasteiger partial charge in [0.15, 0.2) is 0 Å². The lowest BCUT2D eigenvalue weighted by Crippen LogP contribution is -1.90. The van der Waals surface area contributed by atoms with E-state index in [1.165, 1.54) is 35.3 Å². The van der Waals surface area contributed by atoms with Crippen LogP contribution in [0.15, 0.2) is 59.5 Å². The Labute approximate surface area is 144 Å². The predicted molar refractivity (Wildman–Crippen MR) is 98.4 cm³/mol. The fourth-order valence-electron chi connectivity index (χ4n) is 2.06. The Morgan fingerprint density at radius 1 is 0.667 bits per heavy atom. The average molecular weight is 370 g/mol. The summed E-state index contributed by atoms with van der Waals surface area (Å²) < 4.78 is 0. The summed E-state index contributed by atoms with van der Waals surface area (Å²) in [6, 6.07) is 19.8. The quantitative estimate of drug-likeness (QED) is 0.417. The fraction of sp³-hybridized carbons (Fsp3) is 0.333. The number of unbranched alkanes of at least 4 members (excludes halogenated alkanes) is 1. The van der Waals surface area contributed by atoms with Crippen molar-refractivity contribution in [2.75, 3.05) is 5.75 Å². The van der Waals surface area contributed by atoms with Crippen LogP contribution in [0.1, 0.15) is 30.9 Å². The second-order valence-electron chi connectivity index (χ2n) is 4.83. The molecule has 0 nitrogen and oxygen atoms in total. The van der Waals surface area contributed by atoms with E-state index in [1.807, 2.05) is 11.8 Å². The molecule has 0 fully saturated rings. The minimum Gasteiger partial charge on any atom is -0.269 e. The zero-order valence-corrected chi connectivity index (χ0v) is 14.5. The van der Waals surface area contributed by atoms with Gasteiger partial charge in [0.25, 0.3) is 0 Å². The van der Waals surface area contributed by atoms with Gasteiger partial charge in [0.1, 0.15) is 0 Å². The maximum absolute atomic E-state index is 2.29. The molecule has 2 rings (SSSR count). The lowest BCUT2D eigenvalue weighted by molar-refractivity contribution is 0.794. The van der Waals surface area contributed by atoms with Crippen LogP contribution in [0, 0.1) is 0 Å². The fourth-order valence-corrected chi connectivity index (χ4v) is 2.98. The van der Waals surface area contributed by atoms with E-state index in [0.29, 0.717) is 0 Å². The Morgan fingerprint density at radius 2 is 1.17 bits per heavy atom. The van der Waals surface area contributed by atoms with Crippen LogP contribution in [-0.2, 0) is 12.8 Å². The highest BCUT2D eigenvalue weighted by molar-refractivity contribution is 7.99. The van der Waals surface area contributed by atoms with Crippen LogP contribution in [0.2, 0.25) is 0 Å². The minimum absolute atomic E-state index is 0. The standard InChI is InChI=1S/C18H22S.5FH/c1-2-3-7-16-10-12-17(13-11-16)14-15-19-18-8-5-4-6-9-18;;;;;/h4-6,8-13H,2-3,7,14-15H2,1H3;5*1H.